The van der Waals surface area contributed by atoms with E-state index >= 15 is 0 Å². The molecular formula is C23H24N4O3. The highest BCUT2D eigenvalue weighted by Crippen LogP contribution is 2.45. The van der Waals surface area contributed by atoms with Crippen molar-refractivity contribution in [2.75, 3.05) is 18.4 Å². The van der Waals surface area contributed by atoms with Crippen LogP contribution in [0.15, 0.2) is 45.6 Å². The second-order valence-electron chi connectivity index (χ2n) is 9.11. The molecule has 3 aliphatic rings. The van der Waals surface area contributed by atoms with Gasteiger partial charge in [-0.05, 0) is 66.6 Å². The molecule has 3 heterocycles. The number of hydrogen-bond acceptors (Lipinski definition) is 5. The molecule has 1 saturated heterocycles. The zero-order valence-electron chi connectivity index (χ0n) is 16.8. The molecule has 3 aromatic rings. The van der Waals surface area contributed by atoms with Crippen molar-refractivity contribution in [3.63, 3.8) is 0 Å². The van der Waals surface area contributed by atoms with Crippen molar-refractivity contribution in [1.29, 1.82) is 0 Å². The number of amides is 1. The molecule has 0 radical (unpaired) electrons. The van der Waals surface area contributed by atoms with Gasteiger partial charge in [0.05, 0.1) is 11.6 Å². The molecule has 1 amide bonds. The van der Waals surface area contributed by atoms with Gasteiger partial charge in [-0.2, -0.15) is 0 Å². The number of nitrogens with one attached hydrogen (secondary N) is 3. The van der Waals surface area contributed by atoms with Crippen LogP contribution in [0.25, 0.3) is 11.1 Å². The van der Waals surface area contributed by atoms with E-state index in [1.807, 2.05) is 35.2 Å². The summed E-state index contributed by atoms with van der Waals surface area (Å²) < 4.78 is 5.16. The van der Waals surface area contributed by atoms with Gasteiger partial charge in [0.1, 0.15) is 0 Å². The Morgan fingerprint density at radius 3 is 2.77 bits per heavy atom. The van der Waals surface area contributed by atoms with Crippen LogP contribution in [0.2, 0.25) is 0 Å². The van der Waals surface area contributed by atoms with Crippen LogP contribution in [0.3, 0.4) is 0 Å². The second-order valence-corrected chi connectivity index (χ2v) is 9.11. The Labute approximate surface area is 173 Å². The smallest absolute Gasteiger partial charge is 0.408 e. The van der Waals surface area contributed by atoms with Crippen LogP contribution < -0.4 is 16.4 Å². The number of hydrogen-bond donors (Lipinski definition) is 3. The fraction of sp³-hybridized carbons (Fsp3) is 0.391. The van der Waals surface area contributed by atoms with Crippen molar-refractivity contribution < 1.29 is 9.21 Å². The van der Waals surface area contributed by atoms with Gasteiger partial charge in [-0.25, -0.2) is 4.79 Å². The highest BCUT2D eigenvalue weighted by Gasteiger charge is 2.48. The average Bonchev–Trinajstić information content (AvgIpc) is 3.14. The summed E-state index contributed by atoms with van der Waals surface area (Å²) >= 11 is 0. The van der Waals surface area contributed by atoms with E-state index in [1.165, 1.54) is 12.8 Å². The zero-order valence-corrected chi connectivity index (χ0v) is 16.8. The maximum Gasteiger partial charge on any atom is 0.417 e. The van der Waals surface area contributed by atoms with Gasteiger partial charge < -0.3 is 20.0 Å². The largest absolute Gasteiger partial charge is 0.417 e. The van der Waals surface area contributed by atoms with E-state index in [4.69, 9.17) is 4.42 Å². The molecule has 1 saturated carbocycles. The lowest BCUT2D eigenvalue weighted by Crippen LogP contribution is -2.63. The molecule has 2 fully saturated rings. The summed E-state index contributed by atoms with van der Waals surface area (Å²) in [5, 5.41) is 7.03. The number of aromatic nitrogens is 1. The number of rotatable bonds is 4. The Bertz CT molecular complexity index is 1210. The SMILES string of the molecule is CC1c2cc(NC3CC4(CNC4)C3)ccc2C(=O)N1Cc1ccc2[nH]c(=O)oc2c1. The van der Waals surface area contributed by atoms with E-state index in [9.17, 15) is 9.59 Å². The molecule has 2 aromatic carbocycles. The second kappa shape index (κ2) is 6.22. The summed E-state index contributed by atoms with van der Waals surface area (Å²) in [5.41, 5.74) is 5.59. The fourth-order valence-electron chi connectivity index (χ4n) is 5.28. The first kappa shape index (κ1) is 17.8. The van der Waals surface area contributed by atoms with Crippen molar-refractivity contribution in [2.24, 2.45) is 5.41 Å². The molecule has 6 rings (SSSR count). The first-order valence-corrected chi connectivity index (χ1v) is 10.5. The number of aromatic amines is 1. The summed E-state index contributed by atoms with van der Waals surface area (Å²) in [5.74, 6) is -0.422. The molecule has 154 valence electrons. The summed E-state index contributed by atoms with van der Waals surface area (Å²) in [7, 11) is 0. The Hall–Kier alpha value is -3.06. The third-order valence-corrected chi connectivity index (χ3v) is 7.03. The Morgan fingerprint density at radius 2 is 2.00 bits per heavy atom. The van der Waals surface area contributed by atoms with Crippen LogP contribution in [0, 0.1) is 5.41 Å². The quantitative estimate of drug-likeness (QED) is 0.622. The summed E-state index contributed by atoms with van der Waals surface area (Å²) in [4.78, 5) is 28.9. The number of carbonyl (C=O) groups is 1. The number of H-pyrrole nitrogens is 1. The van der Waals surface area contributed by atoms with Gasteiger partial charge in [-0.3, -0.25) is 9.78 Å². The zero-order chi connectivity index (χ0) is 20.5. The van der Waals surface area contributed by atoms with Gasteiger partial charge >= 0.3 is 5.76 Å². The van der Waals surface area contributed by atoms with Crippen LogP contribution >= 0.6 is 0 Å². The molecular weight excluding hydrogens is 380 g/mol. The standard InChI is InChI=1S/C23H24N4O3/c1-13-18-7-15(25-16-8-23(9-16)11-24-12-23)3-4-17(18)21(28)27(13)10-14-2-5-19-20(6-14)30-22(29)26-19/h2-7,13,16,24-25H,8-12H2,1H3,(H,26,29). The molecule has 0 bridgehead atoms. The maximum atomic E-state index is 13.0. The lowest BCUT2D eigenvalue weighted by atomic mass is 9.61. The van der Waals surface area contributed by atoms with Gasteiger partial charge in [0, 0.05) is 36.9 Å². The molecule has 30 heavy (non-hydrogen) atoms. The van der Waals surface area contributed by atoms with E-state index in [0.29, 0.717) is 29.1 Å². The minimum Gasteiger partial charge on any atom is -0.408 e. The van der Waals surface area contributed by atoms with Gasteiger partial charge in [-0.15, -0.1) is 0 Å². The van der Waals surface area contributed by atoms with Crippen molar-refractivity contribution >= 4 is 22.7 Å². The first-order valence-electron chi connectivity index (χ1n) is 10.5. The van der Waals surface area contributed by atoms with Crippen LogP contribution in [-0.2, 0) is 6.54 Å². The lowest BCUT2D eigenvalue weighted by Gasteiger charge is -2.54. The van der Waals surface area contributed by atoms with Crippen molar-refractivity contribution in [3.05, 3.63) is 63.6 Å². The Kier molecular flexibility index (Phi) is 3.68. The highest BCUT2D eigenvalue weighted by molar-refractivity contribution is 5.99. The third kappa shape index (κ3) is 2.69. The number of anilines is 1. The summed E-state index contributed by atoms with van der Waals surface area (Å²) in [6, 6.07) is 12.2. The van der Waals surface area contributed by atoms with E-state index in [1.54, 1.807) is 0 Å². The fourth-order valence-corrected chi connectivity index (χ4v) is 5.28. The van der Waals surface area contributed by atoms with Crippen molar-refractivity contribution in [2.45, 2.75) is 38.4 Å². The molecule has 7 nitrogen and oxygen atoms in total. The van der Waals surface area contributed by atoms with Crippen molar-refractivity contribution in [3.8, 4) is 0 Å². The molecule has 7 heteroatoms. The molecule has 1 atom stereocenters. The number of fused-ring (bicyclic) bond motifs is 2. The predicted molar refractivity (Wildman–Crippen MR) is 114 cm³/mol. The molecule has 1 aliphatic carbocycles. The van der Waals surface area contributed by atoms with E-state index in [0.717, 1.165) is 35.5 Å². The topological polar surface area (TPSA) is 90.4 Å². The first-order chi connectivity index (χ1) is 14.5. The van der Waals surface area contributed by atoms with Gasteiger partial charge in [0.25, 0.3) is 5.91 Å². The normalized spacial score (nSPS) is 22.2. The minimum atomic E-state index is -0.467. The van der Waals surface area contributed by atoms with E-state index < -0.39 is 5.76 Å². The number of oxazole rings is 1. The highest BCUT2D eigenvalue weighted by atomic mass is 16.4. The number of benzene rings is 2. The molecule has 1 unspecified atom stereocenters. The van der Waals surface area contributed by atoms with E-state index in [-0.39, 0.29) is 11.9 Å². The Balaban J connectivity index is 1.20. The molecule has 1 aromatic heterocycles. The predicted octanol–water partition coefficient (Wildman–Crippen LogP) is 3.00. The van der Waals surface area contributed by atoms with Crippen LogP contribution in [0.4, 0.5) is 5.69 Å². The average molecular weight is 404 g/mol. The number of nitrogens with zero attached hydrogens (tertiary/aromatic N) is 1. The maximum absolute atomic E-state index is 13.0. The van der Waals surface area contributed by atoms with Gasteiger partial charge in [0.2, 0.25) is 0 Å². The van der Waals surface area contributed by atoms with Gasteiger partial charge in [-0.1, -0.05) is 6.07 Å². The Morgan fingerprint density at radius 1 is 1.17 bits per heavy atom. The van der Waals surface area contributed by atoms with Crippen molar-refractivity contribution in [1.82, 2.24) is 15.2 Å². The van der Waals surface area contributed by atoms with Crippen LogP contribution in [0.1, 0.15) is 47.3 Å². The minimum absolute atomic E-state index is 0.00764. The lowest BCUT2D eigenvalue weighted by molar-refractivity contribution is 0.0470. The third-order valence-electron chi connectivity index (χ3n) is 7.03. The monoisotopic (exact) mass is 404 g/mol. The van der Waals surface area contributed by atoms with E-state index in [2.05, 4.69) is 28.6 Å². The summed E-state index contributed by atoms with van der Waals surface area (Å²) in [6.45, 7) is 4.84. The van der Waals surface area contributed by atoms with Crippen LogP contribution in [0.5, 0.6) is 0 Å². The molecule has 1 spiro atoms. The molecule has 3 N–H and O–H groups in total. The number of carbonyl (C=O) groups excluding carboxylic acids is 1. The molecule has 2 aliphatic heterocycles. The summed E-state index contributed by atoms with van der Waals surface area (Å²) in [6.07, 6.45) is 2.44. The van der Waals surface area contributed by atoms with Gasteiger partial charge in [0.15, 0.2) is 5.58 Å². The van der Waals surface area contributed by atoms with Crippen LogP contribution in [-0.4, -0.2) is 34.9 Å².